The minimum atomic E-state index is -1.19. The normalized spacial score (nSPS) is 12.5. The predicted molar refractivity (Wildman–Crippen MR) is 49.7 cm³/mol. The van der Waals surface area contributed by atoms with Crippen molar-refractivity contribution >= 4 is 0 Å². The molecule has 0 aromatic rings. The van der Waals surface area contributed by atoms with E-state index in [1.807, 2.05) is 0 Å². The van der Waals surface area contributed by atoms with Gasteiger partial charge in [-0.1, -0.05) is 32.6 Å². The molecule has 0 aliphatic heterocycles. The van der Waals surface area contributed by atoms with Gasteiger partial charge in [-0.15, -0.1) is 0 Å². The highest BCUT2D eigenvalue weighted by atomic mass is 16.5. The minimum Gasteiger partial charge on any atom is -0.504 e. The van der Waals surface area contributed by atoms with Crippen molar-refractivity contribution in [1.29, 1.82) is 0 Å². The molecule has 0 aliphatic rings. The number of aliphatic hydroxyl groups excluding tert-OH is 3. The van der Waals surface area contributed by atoms with Crippen LogP contribution in [0, 0.1) is 0 Å². The van der Waals surface area contributed by atoms with E-state index >= 15 is 0 Å². The van der Waals surface area contributed by atoms with Crippen LogP contribution in [-0.4, -0.2) is 26.5 Å². The van der Waals surface area contributed by atoms with Crippen LogP contribution in [0.15, 0.2) is 11.7 Å². The summed E-state index contributed by atoms with van der Waals surface area (Å²) in [5.74, 6) is -1.93. The molecule has 0 heterocycles. The average molecular weight is 190 g/mol. The van der Waals surface area contributed by atoms with Gasteiger partial charge in [0.15, 0.2) is 0 Å². The average Bonchev–Trinajstić information content (AvgIpc) is 2.10. The van der Waals surface area contributed by atoms with E-state index in [2.05, 4.69) is 6.92 Å². The molecule has 4 nitrogen and oxygen atoms in total. The molecule has 0 aliphatic carbocycles. The quantitative estimate of drug-likeness (QED) is 0.382. The van der Waals surface area contributed by atoms with Gasteiger partial charge in [-0.3, -0.25) is 0 Å². The predicted octanol–water partition coefficient (Wildman–Crippen LogP) is 2.16. The zero-order valence-electron chi connectivity index (χ0n) is 7.90. The maximum atomic E-state index is 9.16. The topological polar surface area (TPSA) is 80.9 Å². The van der Waals surface area contributed by atoms with Gasteiger partial charge in [-0.05, 0) is 6.42 Å². The van der Waals surface area contributed by atoms with E-state index in [1.54, 1.807) is 0 Å². The van der Waals surface area contributed by atoms with Crippen LogP contribution in [0.4, 0.5) is 0 Å². The van der Waals surface area contributed by atoms with Gasteiger partial charge in [-0.2, -0.15) is 0 Å². The van der Waals surface area contributed by atoms with E-state index in [0.717, 1.165) is 25.7 Å². The molecule has 0 aromatic heterocycles. The van der Waals surface area contributed by atoms with Crippen molar-refractivity contribution < 1.29 is 20.4 Å². The largest absolute Gasteiger partial charge is 0.504 e. The van der Waals surface area contributed by atoms with Gasteiger partial charge < -0.3 is 20.4 Å². The Hall–Kier alpha value is -0.900. The van der Waals surface area contributed by atoms with Crippen LogP contribution >= 0.6 is 0 Å². The molecule has 0 radical (unpaired) electrons. The fraction of sp³-hybridized carbons (Fsp3) is 0.778. The summed E-state index contributed by atoms with van der Waals surface area (Å²) in [6.07, 6.45) is 3.14. The second-order valence-corrected chi connectivity index (χ2v) is 3.07. The summed E-state index contributed by atoms with van der Waals surface area (Å²) in [6, 6.07) is 0. The molecule has 4 heteroatoms. The Morgan fingerprint density at radius 3 is 2.15 bits per heavy atom. The van der Waals surface area contributed by atoms with Crippen molar-refractivity contribution in [3.63, 3.8) is 0 Å². The summed E-state index contributed by atoms with van der Waals surface area (Å²) in [5, 5.41) is 34.9. The van der Waals surface area contributed by atoms with E-state index in [-0.39, 0.29) is 0 Å². The Bertz CT molecular complexity index is 161. The lowest BCUT2D eigenvalue weighted by Crippen LogP contribution is -2.12. The van der Waals surface area contributed by atoms with Gasteiger partial charge in [0.2, 0.25) is 5.76 Å². The third kappa shape index (κ3) is 5.36. The fourth-order valence-corrected chi connectivity index (χ4v) is 1.05. The Kier molecular flexibility index (Phi) is 6.14. The first-order chi connectivity index (χ1) is 6.09. The first-order valence-electron chi connectivity index (χ1n) is 4.58. The van der Waals surface area contributed by atoms with Crippen molar-refractivity contribution in [1.82, 2.24) is 0 Å². The second kappa shape index (κ2) is 6.60. The van der Waals surface area contributed by atoms with Crippen molar-refractivity contribution in [2.24, 2.45) is 0 Å². The summed E-state index contributed by atoms with van der Waals surface area (Å²) in [7, 11) is 0. The standard InChI is InChI=1S/C9H18O4/c1-2-3-4-5-6-7(10)8(11)9(12)13/h7,10-13H,2-6H2,1H3. The van der Waals surface area contributed by atoms with Crippen molar-refractivity contribution in [2.45, 2.75) is 45.1 Å². The van der Waals surface area contributed by atoms with Gasteiger partial charge in [0.25, 0.3) is 0 Å². The highest BCUT2D eigenvalue weighted by Crippen LogP contribution is 2.11. The fourth-order valence-electron chi connectivity index (χ4n) is 1.05. The van der Waals surface area contributed by atoms with Gasteiger partial charge >= 0.3 is 5.95 Å². The van der Waals surface area contributed by atoms with E-state index in [9.17, 15) is 0 Å². The van der Waals surface area contributed by atoms with Gasteiger partial charge in [-0.25, -0.2) is 0 Å². The summed E-state index contributed by atoms with van der Waals surface area (Å²) in [4.78, 5) is 0. The highest BCUT2D eigenvalue weighted by molar-refractivity contribution is 4.96. The molecular weight excluding hydrogens is 172 g/mol. The van der Waals surface area contributed by atoms with Crippen molar-refractivity contribution in [2.75, 3.05) is 0 Å². The molecule has 0 bridgehead atoms. The minimum absolute atomic E-state index is 0.358. The van der Waals surface area contributed by atoms with Crippen LogP contribution in [-0.2, 0) is 0 Å². The maximum absolute atomic E-state index is 9.16. The summed E-state index contributed by atoms with van der Waals surface area (Å²) in [5.41, 5.74) is 0. The molecule has 0 amide bonds. The second-order valence-electron chi connectivity index (χ2n) is 3.07. The lowest BCUT2D eigenvalue weighted by Gasteiger charge is -2.08. The monoisotopic (exact) mass is 190 g/mol. The van der Waals surface area contributed by atoms with Crippen LogP contribution in [0.1, 0.15) is 39.0 Å². The van der Waals surface area contributed by atoms with Crippen molar-refractivity contribution in [3.05, 3.63) is 11.7 Å². The molecule has 0 rings (SSSR count). The van der Waals surface area contributed by atoms with Gasteiger partial charge in [0.1, 0.15) is 6.10 Å². The number of unbranched alkanes of at least 4 members (excludes halogenated alkanes) is 3. The van der Waals surface area contributed by atoms with Crippen LogP contribution in [0.25, 0.3) is 0 Å². The van der Waals surface area contributed by atoms with Gasteiger partial charge in [0, 0.05) is 0 Å². The zero-order valence-corrected chi connectivity index (χ0v) is 7.90. The molecular formula is C9H18O4. The molecule has 0 saturated heterocycles. The molecule has 0 spiro atoms. The number of hydrogen-bond donors (Lipinski definition) is 4. The van der Waals surface area contributed by atoms with E-state index in [1.165, 1.54) is 0 Å². The van der Waals surface area contributed by atoms with Crippen LogP contribution < -0.4 is 0 Å². The zero-order chi connectivity index (χ0) is 10.3. The Labute approximate surface area is 78.1 Å². The molecule has 1 unspecified atom stereocenters. The first kappa shape index (κ1) is 12.1. The lowest BCUT2D eigenvalue weighted by atomic mass is 10.1. The molecule has 0 aromatic carbocycles. The van der Waals surface area contributed by atoms with E-state index < -0.39 is 17.8 Å². The van der Waals surface area contributed by atoms with E-state index in [0.29, 0.717) is 6.42 Å². The van der Waals surface area contributed by atoms with Crippen LogP contribution in [0.2, 0.25) is 0 Å². The molecule has 0 fully saturated rings. The number of hydrogen-bond acceptors (Lipinski definition) is 4. The highest BCUT2D eigenvalue weighted by Gasteiger charge is 2.13. The summed E-state index contributed by atoms with van der Waals surface area (Å²) < 4.78 is 0. The SMILES string of the molecule is CCCCCCC(O)C(O)=C(O)O. The maximum Gasteiger partial charge on any atom is 0.316 e. The summed E-state index contributed by atoms with van der Waals surface area (Å²) in [6.45, 7) is 2.08. The number of rotatable bonds is 6. The van der Waals surface area contributed by atoms with Crippen LogP contribution in [0.5, 0.6) is 0 Å². The molecule has 0 saturated carbocycles. The third-order valence-electron chi connectivity index (χ3n) is 1.88. The number of aliphatic hydroxyl groups is 4. The Balaban J connectivity index is 3.63. The molecule has 4 N–H and O–H groups in total. The summed E-state index contributed by atoms with van der Waals surface area (Å²) >= 11 is 0. The smallest absolute Gasteiger partial charge is 0.316 e. The molecule has 13 heavy (non-hydrogen) atoms. The Morgan fingerprint density at radius 2 is 1.69 bits per heavy atom. The Morgan fingerprint density at radius 1 is 1.08 bits per heavy atom. The van der Waals surface area contributed by atoms with Crippen LogP contribution in [0.3, 0.4) is 0 Å². The molecule has 78 valence electrons. The van der Waals surface area contributed by atoms with Crippen molar-refractivity contribution in [3.8, 4) is 0 Å². The van der Waals surface area contributed by atoms with E-state index in [4.69, 9.17) is 20.4 Å². The molecule has 1 atom stereocenters. The lowest BCUT2D eigenvalue weighted by molar-refractivity contribution is 0.0913. The first-order valence-corrected chi connectivity index (χ1v) is 4.58. The van der Waals surface area contributed by atoms with Gasteiger partial charge in [0.05, 0.1) is 0 Å². The third-order valence-corrected chi connectivity index (χ3v) is 1.88.